The Morgan fingerprint density at radius 1 is 1.35 bits per heavy atom. The van der Waals surface area contributed by atoms with Crippen molar-refractivity contribution in [1.82, 2.24) is 4.90 Å². The molecule has 1 heteroatoms. The smallest absolute Gasteiger partial charge is 0.0239 e. The van der Waals surface area contributed by atoms with Gasteiger partial charge in [0.15, 0.2) is 0 Å². The quantitative estimate of drug-likeness (QED) is 0.365. The van der Waals surface area contributed by atoms with Crippen LogP contribution in [0.15, 0.2) is 23.8 Å². The summed E-state index contributed by atoms with van der Waals surface area (Å²) >= 11 is 0. The summed E-state index contributed by atoms with van der Waals surface area (Å²) in [6.45, 7) is 9.49. The van der Waals surface area contributed by atoms with Crippen molar-refractivity contribution in [3.63, 3.8) is 0 Å². The molecule has 0 aromatic rings. The van der Waals surface area contributed by atoms with Crippen LogP contribution in [0.25, 0.3) is 0 Å². The molecular weight excluding hydrogens is 206 g/mol. The Balaban J connectivity index is 4.42. The average molecular weight is 233 g/mol. The summed E-state index contributed by atoms with van der Waals surface area (Å²) < 4.78 is 0. The normalized spacial score (nSPS) is 12.3. The fraction of sp³-hybridized carbons (Fsp3) is 0.625. The highest BCUT2D eigenvalue weighted by Crippen LogP contribution is 2.05. The van der Waals surface area contributed by atoms with Crippen LogP contribution in [-0.2, 0) is 0 Å². The highest BCUT2D eigenvalue weighted by Gasteiger charge is 2.03. The van der Waals surface area contributed by atoms with E-state index in [4.69, 9.17) is 0 Å². The molecule has 0 aromatic carbocycles. The first-order chi connectivity index (χ1) is 8.11. The largest absolute Gasteiger partial charge is 0.300 e. The van der Waals surface area contributed by atoms with Crippen molar-refractivity contribution in [2.45, 2.75) is 53.0 Å². The molecule has 0 heterocycles. The van der Waals surface area contributed by atoms with Crippen molar-refractivity contribution in [3.8, 4) is 11.8 Å². The molecule has 0 amide bonds. The fourth-order valence-electron chi connectivity index (χ4n) is 1.34. The Morgan fingerprint density at radius 3 is 2.59 bits per heavy atom. The fourth-order valence-corrected chi connectivity index (χ4v) is 1.34. The van der Waals surface area contributed by atoms with Crippen molar-refractivity contribution < 1.29 is 0 Å². The number of nitrogens with zero attached hydrogens (tertiary/aromatic N) is 1. The monoisotopic (exact) mass is 233 g/mol. The van der Waals surface area contributed by atoms with E-state index >= 15 is 0 Å². The minimum Gasteiger partial charge on any atom is -0.300 e. The molecule has 0 aliphatic heterocycles. The van der Waals surface area contributed by atoms with Crippen LogP contribution in [0, 0.1) is 11.8 Å². The third-order valence-corrected chi connectivity index (χ3v) is 2.77. The van der Waals surface area contributed by atoms with Crippen LogP contribution in [0.3, 0.4) is 0 Å². The predicted molar refractivity (Wildman–Crippen MR) is 78.0 cm³/mol. The van der Waals surface area contributed by atoms with Crippen LogP contribution in [0.2, 0.25) is 0 Å². The Kier molecular flexibility index (Phi) is 9.57. The van der Waals surface area contributed by atoms with Gasteiger partial charge in [0.05, 0.1) is 0 Å². The second-order valence-electron chi connectivity index (χ2n) is 4.67. The Labute approximate surface area is 108 Å². The van der Waals surface area contributed by atoms with Gasteiger partial charge in [-0.25, -0.2) is 0 Å². The topological polar surface area (TPSA) is 3.24 Å². The van der Waals surface area contributed by atoms with Gasteiger partial charge in [-0.2, -0.15) is 0 Å². The molecule has 0 radical (unpaired) electrons. The SMILES string of the molecule is CC#C/C=C(\C=C/CCCC)CN(C)C(C)C. The lowest BCUT2D eigenvalue weighted by atomic mass is 10.1. The maximum Gasteiger partial charge on any atom is 0.0239 e. The van der Waals surface area contributed by atoms with Gasteiger partial charge in [0.1, 0.15) is 0 Å². The predicted octanol–water partition coefficient (Wildman–Crippen LogP) is 4.02. The summed E-state index contributed by atoms with van der Waals surface area (Å²) in [5.74, 6) is 5.97. The van der Waals surface area contributed by atoms with E-state index in [0.29, 0.717) is 6.04 Å². The lowest BCUT2D eigenvalue weighted by Gasteiger charge is -2.21. The first kappa shape index (κ1) is 16.0. The summed E-state index contributed by atoms with van der Waals surface area (Å²) in [5, 5.41) is 0. The molecule has 0 aliphatic carbocycles. The molecule has 0 unspecified atom stereocenters. The molecule has 0 saturated carbocycles. The highest BCUT2D eigenvalue weighted by molar-refractivity contribution is 5.29. The summed E-state index contributed by atoms with van der Waals surface area (Å²) in [5.41, 5.74) is 1.30. The van der Waals surface area contributed by atoms with E-state index in [2.05, 4.69) is 56.7 Å². The second-order valence-corrected chi connectivity index (χ2v) is 4.67. The third kappa shape index (κ3) is 8.77. The molecular formula is C16H27N. The zero-order valence-corrected chi connectivity index (χ0v) is 12.1. The minimum atomic E-state index is 0.567. The van der Waals surface area contributed by atoms with Gasteiger partial charge < -0.3 is 0 Å². The zero-order chi connectivity index (χ0) is 13.1. The van der Waals surface area contributed by atoms with Crippen molar-refractivity contribution in [2.24, 2.45) is 0 Å². The first-order valence-corrected chi connectivity index (χ1v) is 6.59. The van der Waals surface area contributed by atoms with Crippen LogP contribution in [0.4, 0.5) is 0 Å². The van der Waals surface area contributed by atoms with Crippen molar-refractivity contribution >= 4 is 0 Å². The van der Waals surface area contributed by atoms with Gasteiger partial charge in [-0.1, -0.05) is 37.8 Å². The van der Waals surface area contributed by atoms with E-state index in [1.807, 2.05) is 13.0 Å². The number of allylic oxidation sites excluding steroid dienone is 2. The summed E-state index contributed by atoms with van der Waals surface area (Å²) in [7, 11) is 2.15. The molecule has 0 fully saturated rings. The molecule has 0 aromatic heterocycles. The van der Waals surface area contributed by atoms with Crippen LogP contribution in [0.1, 0.15) is 47.0 Å². The molecule has 0 spiro atoms. The van der Waals surface area contributed by atoms with Crippen LogP contribution in [-0.4, -0.2) is 24.5 Å². The van der Waals surface area contributed by atoms with E-state index in [1.165, 1.54) is 24.8 Å². The Hall–Kier alpha value is -1.00. The standard InChI is InChI=1S/C16H27N/c1-6-8-10-11-13-16(12-9-7-2)14-17(5)15(3)4/h11-13,15H,6,8,10,14H2,1-5H3/b13-11-,16-12+. The Bertz CT molecular complexity index is 299. The van der Waals surface area contributed by atoms with Gasteiger partial charge in [0, 0.05) is 12.6 Å². The molecule has 17 heavy (non-hydrogen) atoms. The molecule has 0 aliphatic rings. The number of hydrogen-bond donors (Lipinski definition) is 0. The number of hydrogen-bond acceptors (Lipinski definition) is 1. The molecule has 0 bridgehead atoms. The van der Waals surface area contributed by atoms with Crippen LogP contribution < -0.4 is 0 Å². The Morgan fingerprint density at radius 2 is 2.06 bits per heavy atom. The van der Waals surface area contributed by atoms with Gasteiger partial charge in [-0.3, -0.25) is 4.90 Å². The van der Waals surface area contributed by atoms with Gasteiger partial charge in [-0.15, -0.1) is 5.92 Å². The second kappa shape index (κ2) is 10.2. The maximum atomic E-state index is 3.04. The van der Waals surface area contributed by atoms with Crippen molar-refractivity contribution in [2.75, 3.05) is 13.6 Å². The summed E-state index contributed by atoms with van der Waals surface area (Å²) in [6, 6.07) is 0.567. The minimum absolute atomic E-state index is 0.567. The van der Waals surface area contributed by atoms with Gasteiger partial charge in [-0.05, 0) is 45.9 Å². The molecule has 0 N–H and O–H groups in total. The van der Waals surface area contributed by atoms with Gasteiger partial charge in [0.2, 0.25) is 0 Å². The lowest BCUT2D eigenvalue weighted by molar-refractivity contribution is 0.299. The van der Waals surface area contributed by atoms with Crippen LogP contribution in [0.5, 0.6) is 0 Å². The van der Waals surface area contributed by atoms with Gasteiger partial charge >= 0.3 is 0 Å². The molecule has 1 nitrogen and oxygen atoms in total. The third-order valence-electron chi connectivity index (χ3n) is 2.77. The van der Waals surface area contributed by atoms with Crippen molar-refractivity contribution in [1.29, 1.82) is 0 Å². The van der Waals surface area contributed by atoms with E-state index < -0.39 is 0 Å². The van der Waals surface area contributed by atoms with E-state index in [1.54, 1.807) is 0 Å². The summed E-state index contributed by atoms with van der Waals surface area (Å²) in [4.78, 5) is 2.33. The first-order valence-electron chi connectivity index (χ1n) is 6.59. The molecule has 0 atom stereocenters. The number of likely N-dealkylation sites (N-methyl/N-ethyl adjacent to an activating group) is 1. The maximum absolute atomic E-state index is 3.04. The summed E-state index contributed by atoms with van der Waals surface area (Å²) in [6.07, 6.45) is 10.2. The van der Waals surface area contributed by atoms with E-state index in [9.17, 15) is 0 Å². The number of rotatable bonds is 7. The molecule has 0 rings (SSSR count). The van der Waals surface area contributed by atoms with Gasteiger partial charge in [0.25, 0.3) is 0 Å². The van der Waals surface area contributed by atoms with Crippen LogP contribution >= 0.6 is 0 Å². The average Bonchev–Trinajstić information content (AvgIpc) is 2.30. The van der Waals surface area contributed by atoms with E-state index in [0.717, 1.165) is 6.54 Å². The van der Waals surface area contributed by atoms with Crippen molar-refractivity contribution in [3.05, 3.63) is 23.8 Å². The molecule has 0 saturated heterocycles. The zero-order valence-electron chi connectivity index (χ0n) is 12.1. The number of unbranched alkanes of at least 4 members (excludes halogenated alkanes) is 2. The molecule has 96 valence electrons. The van der Waals surface area contributed by atoms with E-state index in [-0.39, 0.29) is 0 Å². The lowest BCUT2D eigenvalue weighted by Crippen LogP contribution is -2.27. The highest BCUT2D eigenvalue weighted by atomic mass is 15.1.